The molecule has 26 heavy (non-hydrogen) atoms. The summed E-state index contributed by atoms with van der Waals surface area (Å²) in [6.45, 7) is 5.36. The van der Waals surface area contributed by atoms with Crippen LogP contribution in [0.15, 0.2) is 46.9 Å². The monoisotopic (exact) mass is 434 g/mol. The number of carbonyl (C=O) groups excluding carboxylic acids is 2. The summed E-state index contributed by atoms with van der Waals surface area (Å²) in [5.74, 6) is 0.324. The van der Waals surface area contributed by atoms with E-state index < -0.39 is 0 Å². The SMILES string of the molecule is CC(=O)c1ccc(NC(=S)NC(=O)c2ccc(OC(C)C)c(Br)c2)cc1. The van der Waals surface area contributed by atoms with Crippen LogP contribution in [-0.4, -0.2) is 22.9 Å². The van der Waals surface area contributed by atoms with E-state index in [1.54, 1.807) is 42.5 Å². The van der Waals surface area contributed by atoms with Crippen LogP contribution in [0, 0.1) is 0 Å². The molecule has 0 heterocycles. The second kappa shape index (κ2) is 8.91. The first-order valence-electron chi connectivity index (χ1n) is 7.96. The number of ether oxygens (including phenoxy) is 1. The molecular weight excluding hydrogens is 416 g/mol. The highest BCUT2D eigenvalue weighted by atomic mass is 79.9. The van der Waals surface area contributed by atoms with Gasteiger partial charge >= 0.3 is 0 Å². The van der Waals surface area contributed by atoms with Crippen LogP contribution < -0.4 is 15.4 Å². The van der Waals surface area contributed by atoms with E-state index in [0.717, 1.165) is 0 Å². The molecule has 0 aliphatic carbocycles. The summed E-state index contributed by atoms with van der Waals surface area (Å²) in [6, 6.07) is 11.9. The minimum Gasteiger partial charge on any atom is -0.490 e. The maximum Gasteiger partial charge on any atom is 0.257 e. The van der Waals surface area contributed by atoms with Crippen LogP contribution in [0.4, 0.5) is 5.69 Å². The van der Waals surface area contributed by atoms with Gasteiger partial charge in [-0.3, -0.25) is 14.9 Å². The van der Waals surface area contributed by atoms with Crippen LogP contribution in [-0.2, 0) is 0 Å². The molecule has 0 radical (unpaired) electrons. The van der Waals surface area contributed by atoms with Gasteiger partial charge in [0.1, 0.15) is 5.75 Å². The van der Waals surface area contributed by atoms with Gasteiger partial charge in [-0.2, -0.15) is 0 Å². The molecule has 0 unspecified atom stereocenters. The standard InChI is InChI=1S/C19H19BrN2O3S/c1-11(2)25-17-9-6-14(10-16(17)20)18(24)22-19(26)21-15-7-4-13(5-8-15)12(3)23/h4-11H,1-3H3,(H2,21,22,24,26). The smallest absolute Gasteiger partial charge is 0.257 e. The van der Waals surface area contributed by atoms with Crippen molar-refractivity contribution in [3.8, 4) is 5.75 Å². The quantitative estimate of drug-likeness (QED) is 0.532. The molecule has 0 saturated carbocycles. The van der Waals surface area contributed by atoms with Crippen LogP contribution in [0.3, 0.4) is 0 Å². The van der Waals surface area contributed by atoms with Crippen molar-refractivity contribution < 1.29 is 14.3 Å². The van der Waals surface area contributed by atoms with Crippen molar-refractivity contribution in [1.82, 2.24) is 5.32 Å². The van der Waals surface area contributed by atoms with E-state index in [2.05, 4.69) is 26.6 Å². The van der Waals surface area contributed by atoms with E-state index in [9.17, 15) is 9.59 Å². The maximum absolute atomic E-state index is 12.3. The van der Waals surface area contributed by atoms with Crippen molar-refractivity contribution in [2.45, 2.75) is 26.9 Å². The topological polar surface area (TPSA) is 67.4 Å². The average molecular weight is 435 g/mol. The maximum atomic E-state index is 12.3. The molecule has 0 aliphatic rings. The third-order valence-corrected chi connectivity index (χ3v) is 4.16. The number of thiocarbonyl (C=S) groups is 1. The third-order valence-electron chi connectivity index (χ3n) is 3.33. The molecule has 0 aromatic heterocycles. The highest BCUT2D eigenvalue weighted by Crippen LogP contribution is 2.27. The molecule has 0 bridgehead atoms. The van der Waals surface area contributed by atoms with Crippen molar-refractivity contribution in [2.24, 2.45) is 0 Å². The van der Waals surface area contributed by atoms with Gasteiger partial charge in [0.05, 0.1) is 10.6 Å². The Bertz CT molecular complexity index is 835. The van der Waals surface area contributed by atoms with E-state index in [1.807, 2.05) is 13.8 Å². The zero-order valence-electron chi connectivity index (χ0n) is 14.6. The predicted octanol–water partition coefficient (Wildman–Crippen LogP) is 4.57. The Morgan fingerprint density at radius 2 is 1.69 bits per heavy atom. The summed E-state index contributed by atoms with van der Waals surface area (Å²) >= 11 is 8.57. The summed E-state index contributed by atoms with van der Waals surface area (Å²) in [7, 11) is 0. The molecule has 2 aromatic carbocycles. The molecule has 5 nitrogen and oxygen atoms in total. The fraction of sp³-hybridized carbons (Fsp3) is 0.211. The summed E-state index contributed by atoms with van der Waals surface area (Å²) < 4.78 is 6.32. The van der Waals surface area contributed by atoms with Crippen molar-refractivity contribution >= 4 is 50.6 Å². The number of hydrogen-bond donors (Lipinski definition) is 2. The fourth-order valence-corrected chi connectivity index (χ4v) is 2.80. The number of amides is 1. The van der Waals surface area contributed by atoms with E-state index in [1.165, 1.54) is 6.92 Å². The lowest BCUT2D eigenvalue weighted by molar-refractivity contribution is 0.0976. The molecule has 2 rings (SSSR count). The van der Waals surface area contributed by atoms with Crippen molar-refractivity contribution in [2.75, 3.05) is 5.32 Å². The minimum atomic E-state index is -0.334. The largest absolute Gasteiger partial charge is 0.490 e. The van der Waals surface area contributed by atoms with Gasteiger partial charge in [-0.05, 0) is 91.4 Å². The molecule has 0 saturated heterocycles. The highest BCUT2D eigenvalue weighted by Gasteiger charge is 2.12. The van der Waals surface area contributed by atoms with Crippen LogP contribution >= 0.6 is 28.1 Å². The van der Waals surface area contributed by atoms with Gasteiger partial charge < -0.3 is 10.1 Å². The summed E-state index contributed by atoms with van der Waals surface area (Å²) in [5, 5.41) is 5.71. The van der Waals surface area contributed by atoms with Gasteiger partial charge in [0.25, 0.3) is 5.91 Å². The zero-order chi connectivity index (χ0) is 19.3. The third kappa shape index (κ3) is 5.64. The van der Waals surface area contributed by atoms with Gasteiger partial charge in [-0.1, -0.05) is 0 Å². The number of hydrogen-bond acceptors (Lipinski definition) is 4. The molecule has 2 N–H and O–H groups in total. The molecule has 136 valence electrons. The number of nitrogens with one attached hydrogen (secondary N) is 2. The summed E-state index contributed by atoms with van der Waals surface area (Å²) in [5.41, 5.74) is 1.74. The lowest BCUT2D eigenvalue weighted by Crippen LogP contribution is -2.34. The second-order valence-electron chi connectivity index (χ2n) is 5.85. The number of halogens is 1. The van der Waals surface area contributed by atoms with Crippen molar-refractivity contribution in [1.29, 1.82) is 0 Å². The molecule has 0 spiro atoms. The molecular formula is C19H19BrN2O3S. The van der Waals surface area contributed by atoms with Crippen LogP contribution in [0.2, 0.25) is 0 Å². The number of benzene rings is 2. The predicted molar refractivity (Wildman–Crippen MR) is 110 cm³/mol. The Labute approximate surface area is 166 Å². The lowest BCUT2D eigenvalue weighted by atomic mass is 10.1. The van der Waals surface area contributed by atoms with Gasteiger partial charge in [0.2, 0.25) is 0 Å². The Morgan fingerprint density at radius 3 is 2.23 bits per heavy atom. The number of rotatable bonds is 5. The fourth-order valence-electron chi connectivity index (χ4n) is 2.12. The molecule has 7 heteroatoms. The summed E-state index contributed by atoms with van der Waals surface area (Å²) in [6.07, 6.45) is 0.0390. The second-order valence-corrected chi connectivity index (χ2v) is 7.12. The number of ketones is 1. The highest BCUT2D eigenvalue weighted by molar-refractivity contribution is 9.10. The van der Waals surface area contributed by atoms with E-state index >= 15 is 0 Å². The van der Waals surface area contributed by atoms with Crippen molar-refractivity contribution in [3.63, 3.8) is 0 Å². The van der Waals surface area contributed by atoms with E-state index in [4.69, 9.17) is 17.0 Å². The molecule has 2 aromatic rings. The van der Waals surface area contributed by atoms with Crippen LogP contribution in [0.5, 0.6) is 5.75 Å². The first-order valence-corrected chi connectivity index (χ1v) is 9.16. The van der Waals surface area contributed by atoms with Gasteiger partial charge in [0, 0.05) is 16.8 Å². The zero-order valence-corrected chi connectivity index (χ0v) is 17.0. The van der Waals surface area contributed by atoms with Crippen molar-refractivity contribution in [3.05, 3.63) is 58.1 Å². The Kier molecular flexibility index (Phi) is 6.88. The molecule has 0 atom stereocenters. The average Bonchev–Trinajstić information content (AvgIpc) is 2.56. The number of carbonyl (C=O) groups is 2. The first-order chi connectivity index (χ1) is 12.3. The molecule has 0 aliphatic heterocycles. The minimum absolute atomic E-state index is 0.0112. The number of anilines is 1. The normalized spacial score (nSPS) is 10.3. The molecule has 1 amide bonds. The van der Waals surface area contributed by atoms with Crippen LogP contribution in [0.25, 0.3) is 0 Å². The van der Waals surface area contributed by atoms with E-state index in [0.29, 0.717) is 27.0 Å². The van der Waals surface area contributed by atoms with Gasteiger partial charge in [-0.25, -0.2) is 0 Å². The molecule has 0 fully saturated rings. The Morgan fingerprint density at radius 1 is 1.08 bits per heavy atom. The van der Waals surface area contributed by atoms with E-state index in [-0.39, 0.29) is 22.9 Å². The summed E-state index contributed by atoms with van der Waals surface area (Å²) in [4.78, 5) is 23.6. The first kappa shape index (κ1) is 20.1. The lowest BCUT2D eigenvalue weighted by Gasteiger charge is -2.13. The van der Waals surface area contributed by atoms with Gasteiger partial charge in [-0.15, -0.1) is 0 Å². The number of Topliss-reactive ketones (excluding diaryl/α,β-unsaturated/α-hetero) is 1. The van der Waals surface area contributed by atoms with Crippen LogP contribution in [0.1, 0.15) is 41.5 Å². The van der Waals surface area contributed by atoms with Gasteiger partial charge in [0.15, 0.2) is 10.9 Å². The Hall–Kier alpha value is -2.25. The Balaban J connectivity index is 1.99.